The fourth-order valence-electron chi connectivity index (χ4n) is 6.54. The second kappa shape index (κ2) is 10.4. The maximum absolute atomic E-state index is 9.32. The normalized spacial score (nSPS) is 14.4. The minimum atomic E-state index is -0.465. The van der Waals surface area contributed by atoms with Crippen molar-refractivity contribution < 1.29 is 16.8 Å². The average molecular weight is 582 g/mol. The SMILES string of the molecule is [2H]c1c([2H])c([2H])c(-c2cccc3oc4cccc(-c5c6ccccc6c(-c6c([2H])c([2H])c(-c7ccccc7)c([2H])c6[2H])c6ccccc56)c4c23)c([2H])c1[2H]. The molecule has 0 aliphatic rings. The van der Waals surface area contributed by atoms with Crippen LogP contribution in [0.2, 0.25) is 0 Å². The molecular formula is C44H28O. The average Bonchev–Trinajstić information content (AvgIpc) is 3.59. The maximum Gasteiger partial charge on any atom is 0.136 e. The van der Waals surface area contributed by atoms with E-state index in [0.717, 1.165) is 32.7 Å². The molecule has 8 aromatic carbocycles. The number of fused-ring (bicyclic) bond motifs is 5. The second-order valence-electron chi connectivity index (χ2n) is 10.9. The lowest BCUT2D eigenvalue weighted by Crippen LogP contribution is -1.91. The molecule has 0 saturated heterocycles. The fraction of sp³-hybridized carbons (Fsp3) is 0. The lowest BCUT2D eigenvalue weighted by Gasteiger charge is -2.18. The first-order valence-corrected chi connectivity index (χ1v) is 14.7. The zero-order valence-corrected chi connectivity index (χ0v) is 23.9. The van der Waals surface area contributed by atoms with Crippen LogP contribution in [0.25, 0.3) is 88.0 Å². The Morgan fingerprint density at radius 1 is 0.356 bits per heavy atom. The van der Waals surface area contributed by atoms with E-state index in [0.29, 0.717) is 38.6 Å². The molecule has 9 rings (SSSR count). The first-order valence-electron chi connectivity index (χ1n) is 19.2. The van der Waals surface area contributed by atoms with Gasteiger partial charge in [-0.15, -0.1) is 0 Å². The van der Waals surface area contributed by atoms with Gasteiger partial charge in [0.15, 0.2) is 0 Å². The zero-order chi connectivity index (χ0) is 37.6. The molecule has 210 valence electrons. The first-order chi connectivity index (χ1) is 26.1. The summed E-state index contributed by atoms with van der Waals surface area (Å²) in [5.74, 6) is 0. The van der Waals surface area contributed by atoms with Crippen molar-refractivity contribution in [1.82, 2.24) is 0 Å². The molecule has 1 heteroatoms. The number of rotatable bonds is 4. The molecule has 0 radical (unpaired) electrons. The lowest BCUT2D eigenvalue weighted by atomic mass is 9.84. The van der Waals surface area contributed by atoms with Gasteiger partial charge in [0, 0.05) is 10.8 Å². The van der Waals surface area contributed by atoms with Crippen LogP contribution in [-0.4, -0.2) is 0 Å². The monoisotopic (exact) mass is 581 g/mol. The van der Waals surface area contributed by atoms with Crippen molar-refractivity contribution in [3.63, 3.8) is 0 Å². The Morgan fingerprint density at radius 2 is 0.867 bits per heavy atom. The van der Waals surface area contributed by atoms with Crippen LogP contribution in [0.1, 0.15) is 12.3 Å². The van der Waals surface area contributed by atoms with Crippen LogP contribution >= 0.6 is 0 Å². The van der Waals surface area contributed by atoms with E-state index in [9.17, 15) is 2.74 Å². The van der Waals surface area contributed by atoms with Crippen molar-refractivity contribution in [2.45, 2.75) is 0 Å². The molecule has 0 aliphatic carbocycles. The smallest absolute Gasteiger partial charge is 0.136 e. The Bertz CT molecular complexity index is 2930. The van der Waals surface area contributed by atoms with Gasteiger partial charge in [0.2, 0.25) is 0 Å². The maximum atomic E-state index is 9.32. The molecule has 0 unspecified atom stereocenters. The molecule has 0 amide bonds. The van der Waals surface area contributed by atoms with Crippen molar-refractivity contribution in [2.75, 3.05) is 0 Å². The predicted molar refractivity (Wildman–Crippen MR) is 190 cm³/mol. The molecule has 0 aliphatic heterocycles. The highest BCUT2D eigenvalue weighted by Crippen LogP contribution is 2.48. The second-order valence-corrected chi connectivity index (χ2v) is 10.9. The van der Waals surface area contributed by atoms with Crippen molar-refractivity contribution >= 4 is 43.5 Å². The van der Waals surface area contributed by atoms with Crippen LogP contribution < -0.4 is 0 Å². The van der Waals surface area contributed by atoms with E-state index in [-0.39, 0.29) is 52.9 Å². The van der Waals surface area contributed by atoms with Gasteiger partial charge in [-0.2, -0.15) is 0 Å². The third-order valence-electron chi connectivity index (χ3n) is 8.43. The van der Waals surface area contributed by atoms with Crippen LogP contribution in [0.3, 0.4) is 0 Å². The minimum Gasteiger partial charge on any atom is -0.456 e. The summed E-state index contributed by atoms with van der Waals surface area (Å²) < 4.78 is 85.9. The van der Waals surface area contributed by atoms with Gasteiger partial charge < -0.3 is 4.42 Å². The number of hydrogen-bond acceptors (Lipinski definition) is 1. The van der Waals surface area contributed by atoms with Gasteiger partial charge >= 0.3 is 0 Å². The summed E-state index contributed by atoms with van der Waals surface area (Å²) in [7, 11) is 0. The van der Waals surface area contributed by atoms with Gasteiger partial charge in [-0.05, 0) is 78.2 Å². The Hall–Kier alpha value is -5.92. The van der Waals surface area contributed by atoms with Gasteiger partial charge in [0.1, 0.15) is 11.2 Å². The Labute approximate surface area is 274 Å². The Morgan fingerprint density at radius 3 is 1.49 bits per heavy atom. The van der Waals surface area contributed by atoms with E-state index in [2.05, 4.69) is 0 Å². The predicted octanol–water partition coefficient (Wildman–Crippen LogP) is 12.6. The lowest BCUT2D eigenvalue weighted by molar-refractivity contribution is 0.669. The quantitative estimate of drug-likeness (QED) is 0.188. The molecular weight excluding hydrogens is 544 g/mol. The highest BCUT2D eigenvalue weighted by atomic mass is 16.3. The van der Waals surface area contributed by atoms with Crippen molar-refractivity contribution in [1.29, 1.82) is 0 Å². The summed E-state index contributed by atoms with van der Waals surface area (Å²) in [5.41, 5.74) is 4.84. The van der Waals surface area contributed by atoms with Gasteiger partial charge in [-0.1, -0.05) is 158 Å². The molecule has 0 N–H and O–H groups in total. The minimum absolute atomic E-state index is 0.0801. The van der Waals surface area contributed by atoms with Crippen LogP contribution in [0.5, 0.6) is 0 Å². The summed E-state index contributed by atoms with van der Waals surface area (Å²) in [6, 6.07) is 33.1. The van der Waals surface area contributed by atoms with Crippen LogP contribution in [0, 0.1) is 0 Å². The van der Waals surface area contributed by atoms with Crippen molar-refractivity contribution in [2.24, 2.45) is 0 Å². The van der Waals surface area contributed by atoms with Crippen molar-refractivity contribution in [3.8, 4) is 44.5 Å². The third-order valence-corrected chi connectivity index (χ3v) is 8.43. The molecule has 9 aromatic rings. The number of hydrogen-bond donors (Lipinski definition) is 0. The summed E-state index contributed by atoms with van der Waals surface area (Å²) in [6.07, 6.45) is 0. The zero-order valence-electron chi connectivity index (χ0n) is 32.9. The van der Waals surface area contributed by atoms with E-state index in [4.69, 9.17) is 14.0 Å². The molecule has 0 saturated carbocycles. The largest absolute Gasteiger partial charge is 0.456 e. The summed E-state index contributed by atoms with van der Waals surface area (Å²) in [6.45, 7) is 0. The van der Waals surface area contributed by atoms with E-state index in [1.165, 1.54) is 0 Å². The summed E-state index contributed by atoms with van der Waals surface area (Å²) >= 11 is 0. The molecule has 0 bridgehead atoms. The van der Waals surface area contributed by atoms with E-state index in [1.807, 2.05) is 84.9 Å². The molecule has 1 aromatic heterocycles. The van der Waals surface area contributed by atoms with Gasteiger partial charge in [-0.3, -0.25) is 0 Å². The van der Waals surface area contributed by atoms with Gasteiger partial charge in [0.25, 0.3) is 0 Å². The standard InChI is InChI=1S/C44H28O/c1-3-13-29(14-4-1)30-25-27-32(28-26-30)41-34-17-7-9-19-36(34)42(37-20-10-8-18-35(37)41)38-22-12-24-40-44(38)43-33(21-11-23-39(43)45-40)31-15-5-2-6-16-31/h1-28H/i2D,5D,6D,15D,16D,25D,26D,27D,28D. The summed E-state index contributed by atoms with van der Waals surface area (Å²) in [4.78, 5) is 0. The van der Waals surface area contributed by atoms with Crippen LogP contribution in [-0.2, 0) is 0 Å². The molecule has 0 fully saturated rings. The highest BCUT2D eigenvalue weighted by Gasteiger charge is 2.21. The highest BCUT2D eigenvalue weighted by molar-refractivity contribution is 6.26. The van der Waals surface area contributed by atoms with Crippen LogP contribution in [0.4, 0.5) is 0 Å². The van der Waals surface area contributed by atoms with E-state index < -0.39 is 18.1 Å². The molecule has 1 heterocycles. The van der Waals surface area contributed by atoms with Gasteiger partial charge in [0.05, 0.1) is 12.3 Å². The van der Waals surface area contributed by atoms with E-state index in [1.54, 1.807) is 30.3 Å². The topological polar surface area (TPSA) is 13.1 Å². The molecule has 0 spiro atoms. The van der Waals surface area contributed by atoms with Gasteiger partial charge in [-0.25, -0.2) is 0 Å². The molecule has 1 nitrogen and oxygen atoms in total. The van der Waals surface area contributed by atoms with E-state index >= 15 is 0 Å². The Balaban J connectivity index is 1.41. The fourth-order valence-corrected chi connectivity index (χ4v) is 6.54. The first kappa shape index (κ1) is 18.0. The van der Waals surface area contributed by atoms with Crippen molar-refractivity contribution in [3.05, 3.63) is 170 Å². The Kier molecular flexibility index (Phi) is 4.15. The summed E-state index contributed by atoms with van der Waals surface area (Å²) in [5, 5.41) is 4.38. The molecule has 0 atom stereocenters. The third kappa shape index (κ3) is 4.09. The molecule has 45 heavy (non-hydrogen) atoms. The van der Waals surface area contributed by atoms with Crippen LogP contribution in [0.15, 0.2) is 174 Å². The number of benzene rings is 8. The number of furan rings is 1.